The Morgan fingerprint density at radius 3 is 2.52 bits per heavy atom. The van der Waals surface area contributed by atoms with Gasteiger partial charge in [-0.25, -0.2) is 9.59 Å². The third kappa shape index (κ3) is 4.81. The zero-order chi connectivity index (χ0) is 23.9. The monoisotopic (exact) mass is 470 g/mol. The van der Waals surface area contributed by atoms with Crippen LogP contribution in [-0.4, -0.2) is 58.7 Å². The number of carboxylic acid groups (broad SMARTS) is 1. The molecule has 0 aromatic heterocycles. The molecule has 33 heavy (non-hydrogen) atoms. The van der Waals surface area contributed by atoms with Crippen molar-refractivity contribution in [1.82, 2.24) is 9.80 Å². The van der Waals surface area contributed by atoms with Crippen molar-refractivity contribution < 1.29 is 19.4 Å². The van der Waals surface area contributed by atoms with Crippen LogP contribution in [0.3, 0.4) is 0 Å². The number of hydrogen-bond donors (Lipinski definition) is 1. The van der Waals surface area contributed by atoms with Gasteiger partial charge in [-0.3, -0.25) is 0 Å². The topological polar surface area (TPSA) is 70.1 Å². The number of benzene rings is 1. The highest BCUT2D eigenvalue weighted by atomic mass is 35.5. The van der Waals surface area contributed by atoms with Crippen molar-refractivity contribution in [1.29, 1.82) is 0 Å². The Labute approximate surface area is 200 Å². The van der Waals surface area contributed by atoms with Crippen LogP contribution in [0.1, 0.15) is 50.7 Å². The molecule has 7 heteroatoms. The summed E-state index contributed by atoms with van der Waals surface area (Å²) in [5, 5.41) is 10.5. The van der Waals surface area contributed by atoms with Crippen LogP contribution >= 0.6 is 11.6 Å². The summed E-state index contributed by atoms with van der Waals surface area (Å²) in [7, 11) is 2.03. The van der Waals surface area contributed by atoms with Gasteiger partial charge in [0.05, 0.1) is 11.6 Å². The summed E-state index contributed by atoms with van der Waals surface area (Å²) < 4.78 is 5.56. The Morgan fingerprint density at radius 2 is 1.88 bits per heavy atom. The van der Waals surface area contributed by atoms with Crippen molar-refractivity contribution in [2.75, 3.05) is 20.1 Å². The van der Waals surface area contributed by atoms with Crippen molar-refractivity contribution in [3.05, 3.63) is 64.3 Å². The number of halogens is 1. The number of amides is 1. The number of likely N-dealkylation sites (N-methyl/N-ethyl adjacent to an activating group) is 1. The highest BCUT2D eigenvalue weighted by molar-refractivity contribution is 6.31. The summed E-state index contributed by atoms with van der Waals surface area (Å²) in [6.07, 6.45) is 9.13. The number of fused-ring (bicyclic) bond motifs is 2. The number of hydrogen-bond acceptors (Lipinski definition) is 4. The molecular weight excluding hydrogens is 440 g/mol. The lowest BCUT2D eigenvalue weighted by atomic mass is 9.72. The Kier molecular flexibility index (Phi) is 6.32. The fourth-order valence-corrected chi connectivity index (χ4v) is 5.41. The van der Waals surface area contributed by atoms with Gasteiger partial charge in [0.1, 0.15) is 5.60 Å². The molecule has 1 saturated heterocycles. The van der Waals surface area contributed by atoms with E-state index in [9.17, 15) is 14.7 Å². The van der Waals surface area contributed by atoms with Gasteiger partial charge in [0.25, 0.3) is 0 Å². The quantitative estimate of drug-likeness (QED) is 0.634. The highest BCUT2D eigenvalue weighted by Crippen LogP contribution is 2.46. The predicted molar refractivity (Wildman–Crippen MR) is 129 cm³/mol. The number of carboxylic acids is 1. The van der Waals surface area contributed by atoms with Gasteiger partial charge in [0, 0.05) is 31.1 Å². The number of rotatable bonds is 2. The van der Waals surface area contributed by atoms with E-state index in [1.165, 1.54) is 0 Å². The first kappa shape index (κ1) is 23.4. The molecule has 1 aromatic carbocycles. The van der Waals surface area contributed by atoms with E-state index >= 15 is 0 Å². The highest BCUT2D eigenvalue weighted by Gasteiger charge is 2.41. The molecule has 1 aromatic rings. The Hall–Kier alpha value is -2.73. The maximum atomic E-state index is 12.6. The van der Waals surface area contributed by atoms with Gasteiger partial charge in [-0.15, -0.1) is 0 Å². The molecule has 1 aliphatic carbocycles. The molecule has 4 rings (SSSR count). The number of ether oxygens (including phenoxy) is 1. The predicted octanol–water partition coefficient (Wildman–Crippen LogP) is 5.31. The van der Waals surface area contributed by atoms with Crippen molar-refractivity contribution >= 4 is 29.2 Å². The minimum atomic E-state index is -0.962. The number of likely N-dealkylation sites (tertiary alicyclic amines) is 1. The third-order valence-corrected chi connectivity index (χ3v) is 6.87. The molecule has 2 atom stereocenters. The van der Waals surface area contributed by atoms with Crippen molar-refractivity contribution in [3.8, 4) is 0 Å². The van der Waals surface area contributed by atoms with E-state index in [1.807, 2.05) is 58.3 Å². The van der Waals surface area contributed by atoms with Crippen LogP contribution in [0, 0.1) is 5.92 Å². The van der Waals surface area contributed by atoms with Crippen molar-refractivity contribution in [2.24, 2.45) is 5.92 Å². The first-order valence-electron chi connectivity index (χ1n) is 11.4. The fraction of sp³-hybridized carbons (Fsp3) is 0.462. The van der Waals surface area contributed by atoms with Gasteiger partial charge in [-0.1, -0.05) is 23.7 Å². The molecular formula is C26H31ClN2O4. The van der Waals surface area contributed by atoms with Crippen LogP contribution in [0.15, 0.2) is 48.2 Å². The largest absolute Gasteiger partial charge is 0.478 e. The second kappa shape index (κ2) is 8.90. The average molecular weight is 471 g/mol. The number of allylic oxidation sites excluding steroid dienone is 2. The van der Waals surface area contributed by atoms with E-state index in [0.29, 0.717) is 23.7 Å². The molecule has 2 heterocycles. The Morgan fingerprint density at radius 1 is 1.18 bits per heavy atom. The molecule has 2 unspecified atom stereocenters. The molecule has 1 fully saturated rings. The fourth-order valence-electron chi connectivity index (χ4n) is 5.23. The second-order valence-corrected chi connectivity index (χ2v) is 10.5. The number of piperidine rings is 1. The van der Waals surface area contributed by atoms with E-state index in [-0.39, 0.29) is 29.5 Å². The Balaban J connectivity index is 1.69. The standard InChI is InChI=1S/C26H31ClN2O4/c1-26(2,3)33-25(32)29-12-9-16(10-13-29)22-19-8-7-18(27)15-20(19)21(24(30)31)14-17-6-5-11-28(4)23(17)22/h5-8,11,14-16,22-23H,9-10,12-13H2,1-4H3,(H,30,31). The Bertz CT molecular complexity index is 1040. The van der Waals surface area contributed by atoms with Gasteiger partial charge in [0.15, 0.2) is 0 Å². The van der Waals surface area contributed by atoms with Crippen LogP contribution in [0.5, 0.6) is 0 Å². The van der Waals surface area contributed by atoms with E-state index in [4.69, 9.17) is 16.3 Å². The third-order valence-electron chi connectivity index (χ3n) is 6.64. The minimum Gasteiger partial charge on any atom is -0.478 e. The molecule has 1 N–H and O–H groups in total. The molecule has 0 saturated carbocycles. The number of aliphatic carboxylic acids is 1. The average Bonchev–Trinajstić information content (AvgIpc) is 2.88. The lowest BCUT2D eigenvalue weighted by Gasteiger charge is -2.43. The molecule has 176 valence electrons. The van der Waals surface area contributed by atoms with Crippen LogP contribution in [-0.2, 0) is 9.53 Å². The van der Waals surface area contributed by atoms with E-state index in [2.05, 4.69) is 4.90 Å². The minimum absolute atomic E-state index is 0.00449. The summed E-state index contributed by atoms with van der Waals surface area (Å²) >= 11 is 6.31. The van der Waals surface area contributed by atoms with Crippen LogP contribution in [0.2, 0.25) is 5.02 Å². The van der Waals surface area contributed by atoms with Crippen molar-refractivity contribution in [3.63, 3.8) is 0 Å². The molecule has 0 spiro atoms. The summed E-state index contributed by atoms with van der Waals surface area (Å²) in [6, 6.07) is 5.60. The molecule has 6 nitrogen and oxygen atoms in total. The van der Waals surface area contributed by atoms with Crippen molar-refractivity contribution in [2.45, 2.75) is 51.2 Å². The summed E-state index contributed by atoms with van der Waals surface area (Å²) in [6.45, 7) is 6.85. The van der Waals surface area contributed by atoms with Gasteiger partial charge in [-0.2, -0.15) is 0 Å². The lowest BCUT2D eigenvalue weighted by molar-refractivity contribution is -0.130. The zero-order valence-corrected chi connectivity index (χ0v) is 20.3. The molecule has 0 bridgehead atoms. The first-order chi connectivity index (χ1) is 15.5. The van der Waals surface area contributed by atoms with Gasteiger partial charge < -0.3 is 19.6 Å². The smallest absolute Gasteiger partial charge is 0.410 e. The summed E-state index contributed by atoms with van der Waals surface area (Å²) in [5.74, 6) is -0.629. The SMILES string of the molecule is CN1C=CC=C2C=C(C(=O)O)c3cc(Cl)ccc3C(C3CCN(C(=O)OC(C)(C)C)CC3)C21. The zero-order valence-electron chi connectivity index (χ0n) is 19.5. The second-order valence-electron chi connectivity index (χ2n) is 10.0. The first-order valence-corrected chi connectivity index (χ1v) is 11.8. The van der Waals surface area contributed by atoms with Crippen LogP contribution in [0.25, 0.3) is 5.57 Å². The van der Waals surface area contributed by atoms with E-state index < -0.39 is 11.6 Å². The van der Waals surface area contributed by atoms with E-state index in [1.54, 1.807) is 17.0 Å². The molecule has 3 aliphatic rings. The van der Waals surface area contributed by atoms with Gasteiger partial charge >= 0.3 is 12.1 Å². The molecule has 1 amide bonds. The number of carbonyl (C=O) groups is 2. The summed E-state index contributed by atoms with van der Waals surface area (Å²) in [4.78, 5) is 28.7. The summed E-state index contributed by atoms with van der Waals surface area (Å²) in [5.41, 5.74) is 2.39. The molecule has 0 radical (unpaired) electrons. The van der Waals surface area contributed by atoms with E-state index in [0.717, 1.165) is 24.0 Å². The maximum Gasteiger partial charge on any atom is 0.410 e. The maximum absolute atomic E-state index is 12.6. The van der Waals surface area contributed by atoms with Crippen LogP contribution < -0.4 is 0 Å². The lowest BCUT2D eigenvalue weighted by Crippen LogP contribution is -2.45. The number of nitrogens with zero attached hydrogens (tertiary/aromatic N) is 2. The number of carbonyl (C=O) groups excluding carboxylic acids is 1. The normalized spacial score (nSPS) is 23.2. The molecule has 2 aliphatic heterocycles. The van der Waals surface area contributed by atoms with Gasteiger partial charge in [0.2, 0.25) is 0 Å². The van der Waals surface area contributed by atoms with Crippen LogP contribution in [0.4, 0.5) is 4.79 Å². The van der Waals surface area contributed by atoms with Gasteiger partial charge in [-0.05, 0) is 86.7 Å².